The molecule has 0 aliphatic heterocycles. The molecule has 0 fully saturated rings. The second-order valence-corrected chi connectivity index (χ2v) is 8.66. The number of rotatable bonds is 11. The van der Waals surface area contributed by atoms with E-state index in [2.05, 4.69) is 45.9 Å². The Morgan fingerprint density at radius 3 is 2.48 bits per heavy atom. The van der Waals surface area contributed by atoms with E-state index in [1.165, 1.54) is 12.7 Å². The van der Waals surface area contributed by atoms with E-state index in [4.69, 9.17) is 9.47 Å². The molecule has 0 N–H and O–H groups in total. The van der Waals surface area contributed by atoms with Crippen LogP contribution >= 0.6 is 11.8 Å². The molecule has 1 heterocycles. The number of ether oxygens (including phenoxy) is 3. The van der Waals surface area contributed by atoms with Gasteiger partial charge in [-0.05, 0) is 48.4 Å². The molecule has 0 atom stereocenters. The Morgan fingerprint density at radius 2 is 1.82 bits per heavy atom. The number of pyridine rings is 1. The third kappa shape index (κ3) is 6.89. The predicted octanol–water partition coefficient (Wildman–Crippen LogP) is 5.24. The van der Waals surface area contributed by atoms with Crippen LogP contribution in [0.3, 0.4) is 0 Å². The molecule has 7 heteroatoms. The summed E-state index contributed by atoms with van der Waals surface area (Å²) >= 11 is 1.74. The number of methoxy groups -OCH3 is 2. The van der Waals surface area contributed by atoms with Crippen molar-refractivity contribution >= 4 is 23.5 Å². The molecule has 0 aliphatic carbocycles. The molecule has 2 aromatic carbocycles. The summed E-state index contributed by atoms with van der Waals surface area (Å²) in [6, 6.07) is 18.3. The summed E-state index contributed by atoms with van der Waals surface area (Å²) in [6.07, 6.45) is 2.92. The van der Waals surface area contributed by atoms with Crippen LogP contribution < -0.4 is 14.4 Å². The largest absolute Gasteiger partial charge is 0.495 e. The summed E-state index contributed by atoms with van der Waals surface area (Å²) in [5.74, 6) is 2.83. The Bertz CT molecular complexity index is 1040. The minimum absolute atomic E-state index is 0.125. The van der Waals surface area contributed by atoms with Gasteiger partial charge in [0, 0.05) is 36.3 Å². The number of carbonyl (C=O) groups excluding carboxylic acids is 1. The number of benzene rings is 2. The highest BCUT2D eigenvalue weighted by Gasteiger charge is 2.12. The molecule has 174 valence electrons. The number of carbonyl (C=O) groups is 1. The Morgan fingerprint density at radius 1 is 1.03 bits per heavy atom. The van der Waals surface area contributed by atoms with Crippen LogP contribution in [0.4, 0.5) is 5.82 Å². The maximum Gasteiger partial charge on any atom is 0.343 e. The van der Waals surface area contributed by atoms with Crippen LogP contribution in [0.15, 0.2) is 65.7 Å². The minimum Gasteiger partial charge on any atom is -0.495 e. The van der Waals surface area contributed by atoms with Crippen LogP contribution in [0.5, 0.6) is 11.5 Å². The van der Waals surface area contributed by atoms with Crippen molar-refractivity contribution in [2.45, 2.75) is 18.2 Å². The van der Waals surface area contributed by atoms with Crippen LogP contribution in [-0.4, -0.2) is 51.1 Å². The molecule has 6 nitrogen and oxygen atoms in total. The maximum absolute atomic E-state index is 11.3. The molecule has 1 aromatic heterocycles. The topological polar surface area (TPSA) is 60.9 Å². The molecule has 0 saturated carbocycles. The van der Waals surface area contributed by atoms with Gasteiger partial charge >= 0.3 is 5.97 Å². The highest BCUT2D eigenvalue weighted by atomic mass is 32.2. The number of hydrogen-bond acceptors (Lipinski definition) is 7. The molecule has 0 aliphatic rings. The quantitative estimate of drug-likeness (QED) is 0.218. The third-order valence-corrected chi connectivity index (χ3v) is 6.30. The Kier molecular flexibility index (Phi) is 9.01. The highest BCUT2D eigenvalue weighted by Crippen LogP contribution is 2.35. The second kappa shape index (κ2) is 12.2. The Balaban J connectivity index is 1.51. The lowest BCUT2D eigenvalue weighted by Crippen LogP contribution is -2.20. The standard InChI is InChI=1S/C26H30N2O4S/c1-19-15-24(23(30-3)16-22(19)32-18-26(29)31-4)33-14-8-13-28(2)25-12-11-21(17-27-25)20-9-6-5-7-10-20/h5-7,9-12,15-17H,8,13-14,18H2,1-4H3. The number of hydrogen-bond donors (Lipinski definition) is 0. The lowest BCUT2D eigenvalue weighted by Gasteiger charge is -2.18. The van der Waals surface area contributed by atoms with E-state index >= 15 is 0 Å². The fraction of sp³-hybridized carbons (Fsp3) is 0.308. The van der Waals surface area contributed by atoms with Crippen molar-refractivity contribution in [3.8, 4) is 22.6 Å². The van der Waals surface area contributed by atoms with Crippen LogP contribution in [-0.2, 0) is 9.53 Å². The number of aromatic nitrogens is 1. The van der Waals surface area contributed by atoms with Gasteiger partial charge < -0.3 is 19.1 Å². The van der Waals surface area contributed by atoms with Gasteiger partial charge in [0.25, 0.3) is 0 Å². The molecule has 3 aromatic rings. The predicted molar refractivity (Wildman–Crippen MR) is 134 cm³/mol. The lowest BCUT2D eigenvalue weighted by atomic mass is 10.1. The van der Waals surface area contributed by atoms with Gasteiger partial charge in [-0.15, -0.1) is 11.8 Å². The van der Waals surface area contributed by atoms with E-state index < -0.39 is 5.97 Å². The lowest BCUT2D eigenvalue weighted by molar-refractivity contribution is -0.142. The number of esters is 1. The molecule has 0 amide bonds. The zero-order valence-electron chi connectivity index (χ0n) is 19.5. The van der Waals surface area contributed by atoms with Gasteiger partial charge in [0.05, 0.1) is 14.2 Å². The van der Waals surface area contributed by atoms with Gasteiger partial charge in [0.2, 0.25) is 0 Å². The van der Waals surface area contributed by atoms with Crippen molar-refractivity contribution in [3.05, 3.63) is 66.4 Å². The van der Waals surface area contributed by atoms with Crippen molar-refractivity contribution in [3.63, 3.8) is 0 Å². The molecule has 33 heavy (non-hydrogen) atoms. The molecule has 0 unspecified atom stereocenters. The first-order valence-electron chi connectivity index (χ1n) is 10.8. The van der Waals surface area contributed by atoms with E-state index in [0.29, 0.717) is 5.75 Å². The number of anilines is 1. The van der Waals surface area contributed by atoms with Gasteiger partial charge in [0.1, 0.15) is 17.3 Å². The number of aryl methyl sites for hydroxylation is 1. The van der Waals surface area contributed by atoms with Crippen LogP contribution in [0.2, 0.25) is 0 Å². The van der Waals surface area contributed by atoms with Crippen molar-refractivity contribution in [1.82, 2.24) is 4.98 Å². The maximum atomic E-state index is 11.3. The fourth-order valence-electron chi connectivity index (χ4n) is 3.28. The second-order valence-electron chi connectivity index (χ2n) is 7.53. The van der Waals surface area contributed by atoms with Gasteiger partial charge in [-0.25, -0.2) is 9.78 Å². The first kappa shape index (κ1) is 24.5. The normalized spacial score (nSPS) is 10.5. The summed E-state index contributed by atoms with van der Waals surface area (Å²) < 4.78 is 15.7. The van der Waals surface area contributed by atoms with Gasteiger partial charge in [-0.2, -0.15) is 0 Å². The van der Waals surface area contributed by atoms with Crippen molar-refractivity contribution in [2.75, 3.05) is 45.1 Å². The molecule has 0 saturated heterocycles. The Labute approximate surface area is 199 Å². The Hall–Kier alpha value is -3.19. The van der Waals surface area contributed by atoms with E-state index in [1.807, 2.05) is 43.5 Å². The average Bonchev–Trinajstić information content (AvgIpc) is 2.86. The summed E-state index contributed by atoms with van der Waals surface area (Å²) in [5.41, 5.74) is 3.23. The van der Waals surface area contributed by atoms with Crippen LogP contribution in [0, 0.1) is 6.92 Å². The van der Waals surface area contributed by atoms with E-state index in [9.17, 15) is 4.79 Å². The zero-order valence-corrected chi connectivity index (χ0v) is 20.4. The molecule has 0 bridgehead atoms. The molecule has 3 rings (SSSR count). The summed E-state index contributed by atoms with van der Waals surface area (Å²) in [6.45, 7) is 2.72. The molecule has 0 spiro atoms. The van der Waals surface area contributed by atoms with Gasteiger partial charge in [-0.3, -0.25) is 0 Å². The SMILES string of the molecule is COC(=O)COc1cc(OC)c(SCCCN(C)c2ccc(-c3ccccc3)cn2)cc1C. The zero-order chi connectivity index (χ0) is 23.6. The van der Waals surface area contributed by atoms with E-state index in [0.717, 1.165) is 46.3 Å². The molecular formula is C26H30N2O4S. The number of thioether (sulfide) groups is 1. The van der Waals surface area contributed by atoms with E-state index in [1.54, 1.807) is 18.9 Å². The van der Waals surface area contributed by atoms with Crippen molar-refractivity contribution in [2.24, 2.45) is 0 Å². The summed E-state index contributed by atoms with van der Waals surface area (Å²) in [4.78, 5) is 19.2. The monoisotopic (exact) mass is 466 g/mol. The van der Waals surface area contributed by atoms with E-state index in [-0.39, 0.29) is 6.61 Å². The third-order valence-electron chi connectivity index (χ3n) is 5.18. The smallest absolute Gasteiger partial charge is 0.343 e. The summed E-state index contributed by atoms with van der Waals surface area (Å²) in [7, 11) is 5.04. The van der Waals surface area contributed by atoms with Crippen LogP contribution in [0.25, 0.3) is 11.1 Å². The first-order chi connectivity index (χ1) is 16.0. The minimum atomic E-state index is -0.417. The van der Waals surface area contributed by atoms with Crippen molar-refractivity contribution in [1.29, 1.82) is 0 Å². The molecule has 0 radical (unpaired) electrons. The van der Waals surface area contributed by atoms with Crippen molar-refractivity contribution < 1.29 is 19.0 Å². The molecular weight excluding hydrogens is 436 g/mol. The fourth-order valence-corrected chi connectivity index (χ4v) is 4.32. The number of nitrogens with zero attached hydrogens (tertiary/aromatic N) is 2. The first-order valence-corrected chi connectivity index (χ1v) is 11.7. The highest BCUT2D eigenvalue weighted by molar-refractivity contribution is 7.99. The summed E-state index contributed by atoms with van der Waals surface area (Å²) in [5, 5.41) is 0. The van der Waals surface area contributed by atoms with Gasteiger partial charge in [0.15, 0.2) is 6.61 Å². The van der Waals surface area contributed by atoms with Crippen LogP contribution in [0.1, 0.15) is 12.0 Å². The average molecular weight is 467 g/mol. The van der Waals surface area contributed by atoms with Gasteiger partial charge in [-0.1, -0.05) is 30.3 Å².